The van der Waals surface area contributed by atoms with E-state index in [1.165, 1.54) is 0 Å². The minimum atomic E-state index is -3.16. The molecule has 0 aliphatic carbocycles. The van der Waals surface area contributed by atoms with Crippen molar-refractivity contribution in [3.63, 3.8) is 0 Å². The van der Waals surface area contributed by atoms with E-state index in [2.05, 4.69) is 0 Å². The summed E-state index contributed by atoms with van der Waals surface area (Å²) < 4.78 is 24.2. The fraction of sp³-hybridized carbons (Fsp3) is 0.227. The van der Waals surface area contributed by atoms with Gasteiger partial charge in [-0.05, 0) is 41.0 Å². The number of carbonyl (C=O) groups is 1. The summed E-state index contributed by atoms with van der Waals surface area (Å²) in [5, 5.41) is 2.76. The van der Waals surface area contributed by atoms with Crippen LogP contribution in [-0.4, -0.2) is 36.8 Å². The third-order valence-electron chi connectivity index (χ3n) is 5.29. The number of nitrogens with zero attached hydrogens (tertiary/aromatic N) is 1. The topological polar surface area (TPSA) is 54.5 Å². The highest BCUT2D eigenvalue weighted by Crippen LogP contribution is 2.28. The van der Waals surface area contributed by atoms with Crippen LogP contribution in [0.15, 0.2) is 60.7 Å². The highest BCUT2D eigenvalue weighted by atomic mass is 35.5. The van der Waals surface area contributed by atoms with Gasteiger partial charge in [0.05, 0.1) is 11.5 Å². The molecule has 29 heavy (non-hydrogen) atoms. The molecule has 1 heterocycles. The van der Waals surface area contributed by atoms with Crippen LogP contribution < -0.4 is 0 Å². The third kappa shape index (κ3) is 4.27. The minimum Gasteiger partial charge on any atom is -0.330 e. The lowest BCUT2D eigenvalue weighted by Gasteiger charge is -2.29. The molecule has 1 saturated heterocycles. The van der Waals surface area contributed by atoms with Gasteiger partial charge < -0.3 is 4.90 Å². The molecule has 150 valence electrons. The van der Waals surface area contributed by atoms with Gasteiger partial charge in [0.25, 0.3) is 5.91 Å². The van der Waals surface area contributed by atoms with E-state index < -0.39 is 15.9 Å². The van der Waals surface area contributed by atoms with Gasteiger partial charge in [0.1, 0.15) is 0 Å². The van der Waals surface area contributed by atoms with Crippen LogP contribution in [0.2, 0.25) is 10.0 Å². The Labute approximate surface area is 180 Å². The van der Waals surface area contributed by atoms with Crippen molar-refractivity contribution in [3.05, 3.63) is 81.8 Å². The SMILES string of the molecule is O=C(c1cccc2ccccc12)N(Cc1ccc(Cl)cc1Cl)C1CCS(=O)(=O)C1. The van der Waals surface area contributed by atoms with Crippen LogP contribution in [0.3, 0.4) is 0 Å². The molecule has 7 heteroatoms. The van der Waals surface area contributed by atoms with E-state index in [9.17, 15) is 13.2 Å². The Morgan fingerprint density at radius 2 is 1.79 bits per heavy atom. The molecule has 1 unspecified atom stereocenters. The molecule has 0 spiro atoms. The van der Waals surface area contributed by atoms with Crippen molar-refractivity contribution in [2.45, 2.75) is 19.0 Å². The van der Waals surface area contributed by atoms with Gasteiger partial charge in [-0.15, -0.1) is 0 Å². The highest BCUT2D eigenvalue weighted by Gasteiger charge is 2.35. The first kappa shape index (κ1) is 20.2. The van der Waals surface area contributed by atoms with E-state index in [1.807, 2.05) is 36.4 Å². The Kier molecular flexibility index (Phi) is 5.56. The maximum atomic E-state index is 13.6. The van der Waals surface area contributed by atoms with Crippen LogP contribution >= 0.6 is 23.2 Å². The molecule has 3 aromatic rings. The lowest BCUT2D eigenvalue weighted by atomic mass is 10.0. The average Bonchev–Trinajstić information content (AvgIpc) is 3.06. The summed E-state index contributed by atoms with van der Waals surface area (Å²) >= 11 is 12.3. The molecule has 1 aliphatic heterocycles. The summed E-state index contributed by atoms with van der Waals surface area (Å²) in [5.74, 6) is -0.144. The average molecular weight is 448 g/mol. The van der Waals surface area contributed by atoms with Crippen LogP contribution in [0, 0.1) is 0 Å². The molecule has 4 rings (SSSR count). The highest BCUT2D eigenvalue weighted by molar-refractivity contribution is 7.91. The molecule has 1 aliphatic rings. The fourth-order valence-corrected chi connectivity index (χ4v) is 5.99. The van der Waals surface area contributed by atoms with Crippen LogP contribution in [0.5, 0.6) is 0 Å². The summed E-state index contributed by atoms with van der Waals surface area (Å²) in [6.07, 6.45) is 0.421. The van der Waals surface area contributed by atoms with Crippen molar-refractivity contribution in [3.8, 4) is 0 Å². The van der Waals surface area contributed by atoms with E-state index in [4.69, 9.17) is 23.2 Å². The van der Waals surface area contributed by atoms with E-state index >= 15 is 0 Å². The van der Waals surface area contributed by atoms with Gasteiger partial charge in [-0.2, -0.15) is 0 Å². The standard InChI is InChI=1S/C22H19Cl2NO3S/c23-17-9-8-16(21(24)12-17)13-25(18-10-11-29(27,28)14-18)22(26)20-7-3-5-15-4-1-2-6-19(15)20/h1-9,12,18H,10-11,13-14H2. The molecule has 0 bridgehead atoms. The van der Waals surface area contributed by atoms with Crippen molar-refractivity contribution in [1.82, 2.24) is 4.90 Å². The summed E-state index contributed by atoms with van der Waals surface area (Å²) in [6.45, 7) is 0.220. The third-order valence-corrected chi connectivity index (χ3v) is 7.62. The lowest BCUT2D eigenvalue weighted by Crippen LogP contribution is -2.40. The summed E-state index contributed by atoms with van der Waals surface area (Å²) in [5.41, 5.74) is 1.28. The molecule has 1 amide bonds. The summed E-state index contributed by atoms with van der Waals surface area (Å²) in [7, 11) is -3.16. The number of rotatable bonds is 4. The van der Waals surface area contributed by atoms with Gasteiger partial charge >= 0.3 is 0 Å². The molecule has 1 fully saturated rings. The Morgan fingerprint density at radius 3 is 2.52 bits per heavy atom. The number of hydrogen-bond donors (Lipinski definition) is 0. The van der Waals surface area contributed by atoms with Gasteiger partial charge in [-0.1, -0.05) is 65.7 Å². The molecular formula is C22H19Cl2NO3S. The van der Waals surface area contributed by atoms with Gasteiger partial charge in [0.2, 0.25) is 0 Å². The molecule has 3 aromatic carbocycles. The summed E-state index contributed by atoms with van der Waals surface area (Å²) in [6, 6.07) is 18.0. The van der Waals surface area contributed by atoms with Crippen molar-refractivity contribution in [1.29, 1.82) is 0 Å². The van der Waals surface area contributed by atoms with E-state index in [1.54, 1.807) is 29.2 Å². The summed E-state index contributed by atoms with van der Waals surface area (Å²) in [4.78, 5) is 15.2. The number of halogens is 2. The number of sulfone groups is 1. The molecule has 0 radical (unpaired) electrons. The molecule has 0 saturated carbocycles. The largest absolute Gasteiger partial charge is 0.330 e. The van der Waals surface area contributed by atoms with E-state index in [-0.39, 0.29) is 24.0 Å². The first-order valence-electron chi connectivity index (χ1n) is 9.27. The smallest absolute Gasteiger partial charge is 0.255 e. The quantitative estimate of drug-likeness (QED) is 0.566. The van der Waals surface area contributed by atoms with Crippen molar-refractivity contribution >= 4 is 49.7 Å². The van der Waals surface area contributed by atoms with Gasteiger partial charge in [0.15, 0.2) is 9.84 Å². The first-order valence-corrected chi connectivity index (χ1v) is 11.8. The lowest BCUT2D eigenvalue weighted by molar-refractivity contribution is 0.0683. The van der Waals surface area contributed by atoms with Crippen molar-refractivity contribution in [2.24, 2.45) is 0 Å². The van der Waals surface area contributed by atoms with Crippen molar-refractivity contribution < 1.29 is 13.2 Å². The maximum Gasteiger partial charge on any atom is 0.255 e. The predicted molar refractivity (Wildman–Crippen MR) is 117 cm³/mol. The number of amides is 1. The molecular weight excluding hydrogens is 429 g/mol. The van der Waals surface area contributed by atoms with Gasteiger partial charge in [0, 0.05) is 28.2 Å². The zero-order valence-electron chi connectivity index (χ0n) is 15.5. The van der Waals surface area contributed by atoms with Crippen LogP contribution in [0.25, 0.3) is 10.8 Å². The number of fused-ring (bicyclic) bond motifs is 1. The van der Waals surface area contributed by atoms with Crippen LogP contribution in [0.4, 0.5) is 0 Å². The van der Waals surface area contributed by atoms with Crippen LogP contribution in [0.1, 0.15) is 22.3 Å². The van der Waals surface area contributed by atoms with E-state index in [0.29, 0.717) is 22.0 Å². The molecule has 1 atom stereocenters. The van der Waals surface area contributed by atoms with Gasteiger partial charge in [-0.3, -0.25) is 4.79 Å². The second-order valence-corrected chi connectivity index (χ2v) is 10.3. The monoisotopic (exact) mass is 447 g/mol. The zero-order chi connectivity index (χ0) is 20.6. The Morgan fingerprint density at radius 1 is 1.03 bits per heavy atom. The molecule has 4 nitrogen and oxygen atoms in total. The Bertz CT molecular complexity index is 1190. The fourth-order valence-electron chi connectivity index (χ4n) is 3.79. The second-order valence-electron chi connectivity index (χ2n) is 7.25. The van der Waals surface area contributed by atoms with Gasteiger partial charge in [-0.25, -0.2) is 8.42 Å². The number of carbonyl (C=O) groups excluding carboxylic acids is 1. The molecule has 0 aromatic heterocycles. The zero-order valence-corrected chi connectivity index (χ0v) is 17.8. The second kappa shape index (κ2) is 7.98. The normalized spacial score (nSPS) is 18.1. The first-order chi connectivity index (χ1) is 13.8. The predicted octanol–water partition coefficient (Wildman–Crippen LogP) is 4.98. The number of hydrogen-bond acceptors (Lipinski definition) is 3. The molecule has 0 N–H and O–H groups in total. The Hall–Kier alpha value is -2.08. The van der Waals surface area contributed by atoms with E-state index in [0.717, 1.165) is 16.3 Å². The van der Waals surface area contributed by atoms with Crippen molar-refractivity contribution in [2.75, 3.05) is 11.5 Å². The number of benzene rings is 3. The van der Waals surface area contributed by atoms with Crippen LogP contribution in [-0.2, 0) is 16.4 Å². The maximum absolute atomic E-state index is 13.6. The minimum absolute atomic E-state index is 0.0330. The Balaban J connectivity index is 1.76.